The molecular formula is C16H12N2O5. The van der Waals surface area contributed by atoms with Crippen LogP contribution in [0.25, 0.3) is 10.8 Å². The van der Waals surface area contributed by atoms with Crippen LogP contribution >= 0.6 is 0 Å². The molecule has 2 aromatic carbocycles. The number of benzene rings is 2. The Bertz CT molecular complexity index is 883. The van der Waals surface area contributed by atoms with E-state index in [0.29, 0.717) is 21.9 Å². The monoisotopic (exact) mass is 312 g/mol. The fraction of sp³-hybridized carbons (Fsp3) is 0.188. The number of β-amino-alcohol motifs (C(OH)–C–C–N with tert-alkyl or cyclic N) is 1. The zero-order valence-corrected chi connectivity index (χ0v) is 11.9. The smallest absolute Gasteiger partial charge is 0.261 e. The van der Waals surface area contributed by atoms with Crippen LogP contribution in [0.5, 0.6) is 0 Å². The molecule has 3 N–H and O–H groups in total. The second-order valence-electron chi connectivity index (χ2n) is 5.47. The molecule has 2 aromatic rings. The summed E-state index contributed by atoms with van der Waals surface area (Å²) >= 11 is 0. The molecule has 0 bridgehead atoms. The molecule has 2 heterocycles. The molecule has 0 fully saturated rings. The fourth-order valence-electron chi connectivity index (χ4n) is 3.26. The van der Waals surface area contributed by atoms with Crippen LogP contribution in [-0.4, -0.2) is 46.0 Å². The van der Waals surface area contributed by atoms with Gasteiger partial charge < -0.3 is 15.5 Å². The molecule has 2 aliphatic heterocycles. The molecule has 0 radical (unpaired) electrons. The number of amides is 3. The standard InChI is InChI=1S/C16H12N2O5/c19-6-5-18-15(22)9-3-1-7-11-8(14(21)17-13(7)20)2-4-10(12(9)11)16(18)23/h1-4,13,19-20H,5-6H2,(H,17,21). The third-order valence-corrected chi connectivity index (χ3v) is 4.27. The summed E-state index contributed by atoms with van der Waals surface area (Å²) in [6.45, 7) is -0.418. The lowest BCUT2D eigenvalue weighted by atomic mass is 9.86. The first kappa shape index (κ1) is 13.9. The van der Waals surface area contributed by atoms with Gasteiger partial charge in [0.15, 0.2) is 6.23 Å². The first-order valence-electron chi connectivity index (χ1n) is 7.10. The number of carbonyl (C=O) groups excluding carboxylic acids is 3. The first-order valence-corrected chi connectivity index (χ1v) is 7.10. The highest BCUT2D eigenvalue weighted by atomic mass is 16.3. The second kappa shape index (κ2) is 4.61. The SMILES string of the molecule is O=C1NC(O)c2ccc3c4c(ccc1c24)C(=O)N(CCO)C3=O. The maximum Gasteiger partial charge on any atom is 0.261 e. The van der Waals surface area contributed by atoms with Gasteiger partial charge in [-0.2, -0.15) is 0 Å². The number of nitrogens with one attached hydrogen (secondary N) is 1. The predicted molar refractivity (Wildman–Crippen MR) is 78.8 cm³/mol. The Hall–Kier alpha value is -2.77. The molecule has 1 unspecified atom stereocenters. The van der Waals surface area contributed by atoms with Gasteiger partial charge in [-0.05, 0) is 18.2 Å². The van der Waals surface area contributed by atoms with Gasteiger partial charge in [0.25, 0.3) is 17.7 Å². The maximum atomic E-state index is 12.5. The molecule has 0 spiro atoms. The van der Waals surface area contributed by atoms with Crippen LogP contribution in [0.4, 0.5) is 0 Å². The first-order chi connectivity index (χ1) is 11.0. The van der Waals surface area contributed by atoms with E-state index in [1.807, 2.05) is 0 Å². The molecule has 7 nitrogen and oxygen atoms in total. The Morgan fingerprint density at radius 2 is 1.57 bits per heavy atom. The van der Waals surface area contributed by atoms with Gasteiger partial charge in [0.1, 0.15) is 0 Å². The summed E-state index contributed by atoms with van der Waals surface area (Å²) in [7, 11) is 0. The molecule has 2 aliphatic rings. The number of hydrogen-bond donors (Lipinski definition) is 3. The molecule has 0 saturated carbocycles. The molecule has 0 aromatic heterocycles. The number of aliphatic hydroxyl groups is 2. The normalized spacial score (nSPS) is 19.3. The van der Waals surface area contributed by atoms with Crippen molar-refractivity contribution in [1.29, 1.82) is 0 Å². The van der Waals surface area contributed by atoms with Gasteiger partial charge in [-0.3, -0.25) is 19.3 Å². The molecule has 3 amide bonds. The highest BCUT2D eigenvalue weighted by Gasteiger charge is 2.36. The van der Waals surface area contributed by atoms with Crippen molar-refractivity contribution < 1.29 is 24.6 Å². The van der Waals surface area contributed by atoms with Crippen LogP contribution in [0.3, 0.4) is 0 Å². The minimum atomic E-state index is -1.18. The highest BCUT2D eigenvalue weighted by molar-refractivity contribution is 6.28. The van der Waals surface area contributed by atoms with E-state index in [9.17, 15) is 19.5 Å². The third-order valence-electron chi connectivity index (χ3n) is 4.27. The summed E-state index contributed by atoms with van der Waals surface area (Å²) in [5, 5.41) is 22.4. The second-order valence-corrected chi connectivity index (χ2v) is 5.47. The van der Waals surface area contributed by atoms with Crippen LogP contribution in [0.1, 0.15) is 42.9 Å². The number of nitrogens with zero attached hydrogens (tertiary/aromatic N) is 1. The van der Waals surface area contributed by atoms with Gasteiger partial charge >= 0.3 is 0 Å². The molecule has 7 heteroatoms. The van der Waals surface area contributed by atoms with Crippen LogP contribution in [0.15, 0.2) is 24.3 Å². The zero-order chi connectivity index (χ0) is 16.3. The Labute approximate surface area is 130 Å². The van der Waals surface area contributed by atoms with Crippen molar-refractivity contribution in [3.8, 4) is 0 Å². The van der Waals surface area contributed by atoms with Gasteiger partial charge in [0, 0.05) is 33.0 Å². The Morgan fingerprint density at radius 3 is 2.22 bits per heavy atom. The van der Waals surface area contributed by atoms with Crippen LogP contribution in [0, 0.1) is 0 Å². The molecule has 0 aliphatic carbocycles. The van der Waals surface area contributed by atoms with E-state index < -0.39 is 23.9 Å². The van der Waals surface area contributed by atoms with Crippen molar-refractivity contribution in [3.05, 3.63) is 46.5 Å². The number of carbonyl (C=O) groups is 3. The van der Waals surface area contributed by atoms with Crippen LogP contribution in [0.2, 0.25) is 0 Å². The molecule has 23 heavy (non-hydrogen) atoms. The van der Waals surface area contributed by atoms with Gasteiger partial charge in [0.2, 0.25) is 0 Å². The molecule has 1 atom stereocenters. The predicted octanol–water partition coefficient (Wildman–Crippen LogP) is 0.162. The van der Waals surface area contributed by atoms with E-state index in [2.05, 4.69) is 5.32 Å². The summed E-state index contributed by atoms with van der Waals surface area (Å²) in [6, 6.07) is 6.11. The van der Waals surface area contributed by atoms with Crippen molar-refractivity contribution in [2.45, 2.75) is 6.23 Å². The van der Waals surface area contributed by atoms with Crippen LogP contribution in [-0.2, 0) is 0 Å². The lowest BCUT2D eigenvalue weighted by Crippen LogP contribution is -2.42. The molecule has 4 rings (SSSR count). The van der Waals surface area contributed by atoms with E-state index in [1.54, 1.807) is 6.07 Å². The minimum Gasteiger partial charge on any atom is -0.395 e. The minimum absolute atomic E-state index is 0.0920. The van der Waals surface area contributed by atoms with Gasteiger partial charge in [-0.25, -0.2) is 0 Å². The topological polar surface area (TPSA) is 107 Å². The van der Waals surface area contributed by atoms with Crippen molar-refractivity contribution >= 4 is 28.5 Å². The lowest BCUT2D eigenvalue weighted by Gasteiger charge is -2.30. The van der Waals surface area contributed by atoms with E-state index in [0.717, 1.165) is 4.90 Å². The van der Waals surface area contributed by atoms with E-state index in [1.165, 1.54) is 18.2 Å². The average molecular weight is 312 g/mol. The summed E-state index contributed by atoms with van der Waals surface area (Å²) in [6.07, 6.45) is -1.18. The average Bonchev–Trinajstić information content (AvgIpc) is 2.54. The van der Waals surface area contributed by atoms with Crippen molar-refractivity contribution in [2.75, 3.05) is 13.2 Å². The lowest BCUT2D eigenvalue weighted by molar-refractivity contribution is 0.0578. The van der Waals surface area contributed by atoms with Crippen LogP contribution < -0.4 is 5.32 Å². The van der Waals surface area contributed by atoms with E-state index in [-0.39, 0.29) is 24.3 Å². The number of hydrogen-bond acceptors (Lipinski definition) is 5. The largest absolute Gasteiger partial charge is 0.395 e. The van der Waals surface area contributed by atoms with Crippen molar-refractivity contribution in [1.82, 2.24) is 10.2 Å². The number of rotatable bonds is 2. The van der Waals surface area contributed by atoms with Crippen molar-refractivity contribution in [2.24, 2.45) is 0 Å². The zero-order valence-electron chi connectivity index (χ0n) is 11.9. The molecular weight excluding hydrogens is 300 g/mol. The Morgan fingerprint density at radius 1 is 0.957 bits per heavy atom. The van der Waals surface area contributed by atoms with Crippen molar-refractivity contribution in [3.63, 3.8) is 0 Å². The number of imide groups is 1. The van der Waals surface area contributed by atoms with Gasteiger partial charge in [0.05, 0.1) is 13.2 Å². The molecule has 116 valence electrons. The Balaban J connectivity index is 2.10. The van der Waals surface area contributed by atoms with E-state index in [4.69, 9.17) is 5.11 Å². The summed E-state index contributed by atoms with van der Waals surface area (Å²) in [4.78, 5) is 38.1. The summed E-state index contributed by atoms with van der Waals surface area (Å²) < 4.78 is 0. The fourth-order valence-corrected chi connectivity index (χ4v) is 3.26. The van der Waals surface area contributed by atoms with Gasteiger partial charge in [-0.1, -0.05) is 6.07 Å². The maximum absolute atomic E-state index is 12.5. The molecule has 0 saturated heterocycles. The van der Waals surface area contributed by atoms with E-state index >= 15 is 0 Å². The van der Waals surface area contributed by atoms with Gasteiger partial charge in [-0.15, -0.1) is 0 Å². The highest BCUT2D eigenvalue weighted by Crippen LogP contribution is 2.38. The quantitative estimate of drug-likeness (QED) is 0.685. The third kappa shape index (κ3) is 1.68. The Kier molecular flexibility index (Phi) is 2.78. The summed E-state index contributed by atoms with van der Waals surface area (Å²) in [5.41, 5.74) is 1.35. The number of aliphatic hydroxyl groups excluding tert-OH is 2. The summed E-state index contributed by atoms with van der Waals surface area (Å²) in [5.74, 6) is -1.48.